The molecule has 0 unspecified atom stereocenters. The fraction of sp³-hybridized carbons (Fsp3) is 0.0667. The average molecular weight is 357 g/mol. The van der Waals surface area contributed by atoms with E-state index < -0.39 is 0 Å². The van der Waals surface area contributed by atoms with Crippen LogP contribution in [0.1, 0.15) is 5.56 Å². The van der Waals surface area contributed by atoms with Crippen LogP contribution >= 0.6 is 34.8 Å². The first kappa shape index (κ1) is 16.6. The zero-order valence-electron chi connectivity index (χ0n) is 11.3. The summed E-state index contributed by atoms with van der Waals surface area (Å²) in [5.74, 6) is -0.211. The lowest BCUT2D eigenvalue weighted by atomic mass is 10.2. The van der Waals surface area contributed by atoms with E-state index in [1.165, 1.54) is 18.6 Å². The highest BCUT2D eigenvalue weighted by atomic mass is 35.5. The molecule has 0 saturated carbocycles. The van der Waals surface area contributed by atoms with Gasteiger partial charge in [0.05, 0.1) is 16.6 Å². The van der Waals surface area contributed by atoms with Gasteiger partial charge in [0.1, 0.15) is 0 Å². The molecular formula is C15H12Cl3N3O. The van der Waals surface area contributed by atoms with Crippen LogP contribution in [0, 0.1) is 0 Å². The molecule has 0 aliphatic carbocycles. The molecule has 0 radical (unpaired) electrons. The molecule has 0 aliphatic heterocycles. The second-order valence-corrected chi connectivity index (χ2v) is 5.53. The number of benzene rings is 1. The lowest BCUT2D eigenvalue weighted by Gasteiger charge is -2.06. The first-order valence-electron chi connectivity index (χ1n) is 6.30. The summed E-state index contributed by atoms with van der Waals surface area (Å²) in [6, 6.07) is 7.13. The van der Waals surface area contributed by atoms with Gasteiger partial charge in [-0.15, -0.1) is 0 Å². The van der Waals surface area contributed by atoms with E-state index in [2.05, 4.69) is 15.6 Å². The van der Waals surface area contributed by atoms with Gasteiger partial charge in [-0.2, -0.15) is 0 Å². The van der Waals surface area contributed by atoms with Gasteiger partial charge in [-0.3, -0.25) is 9.78 Å². The standard InChI is InChI=1S/C15H12Cl3N3O/c16-10-2-1-3-11(6-10)21-9-15(22)20-5-4-12-13(17)7-19-8-14(12)18/h1-8,21H,9H2,(H,20,22)/b5-4+. The average Bonchev–Trinajstić information content (AvgIpc) is 2.48. The number of carbonyl (C=O) groups excluding carboxylic acids is 1. The smallest absolute Gasteiger partial charge is 0.243 e. The molecular weight excluding hydrogens is 345 g/mol. The van der Waals surface area contributed by atoms with Crippen LogP contribution in [0.15, 0.2) is 42.9 Å². The van der Waals surface area contributed by atoms with Crippen molar-refractivity contribution in [2.45, 2.75) is 0 Å². The lowest BCUT2D eigenvalue weighted by Crippen LogP contribution is -2.25. The van der Waals surface area contributed by atoms with Gasteiger partial charge >= 0.3 is 0 Å². The predicted octanol–water partition coefficient (Wildman–Crippen LogP) is 4.24. The normalized spacial score (nSPS) is 10.7. The summed E-state index contributed by atoms with van der Waals surface area (Å²) >= 11 is 17.8. The summed E-state index contributed by atoms with van der Waals surface area (Å²) in [6.45, 7) is 0.114. The van der Waals surface area contributed by atoms with Crippen molar-refractivity contribution >= 4 is 52.5 Å². The topological polar surface area (TPSA) is 54.0 Å². The molecule has 2 N–H and O–H groups in total. The monoisotopic (exact) mass is 355 g/mol. The quantitative estimate of drug-likeness (QED) is 0.842. The highest BCUT2D eigenvalue weighted by Gasteiger charge is 2.03. The molecule has 0 saturated heterocycles. The Labute approximate surface area is 143 Å². The maximum atomic E-state index is 11.7. The number of carbonyl (C=O) groups is 1. The SMILES string of the molecule is O=C(CNc1cccc(Cl)c1)N/C=C/c1c(Cl)cncc1Cl. The molecule has 22 heavy (non-hydrogen) atoms. The lowest BCUT2D eigenvalue weighted by molar-refractivity contribution is -0.118. The van der Waals surface area contributed by atoms with Crippen molar-refractivity contribution in [3.8, 4) is 0 Å². The summed E-state index contributed by atoms with van der Waals surface area (Å²) in [7, 11) is 0. The summed E-state index contributed by atoms with van der Waals surface area (Å²) in [5, 5.41) is 7.01. The van der Waals surface area contributed by atoms with Crippen molar-refractivity contribution in [3.63, 3.8) is 0 Å². The maximum Gasteiger partial charge on any atom is 0.243 e. The fourth-order valence-corrected chi connectivity index (χ4v) is 2.31. The van der Waals surface area contributed by atoms with Crippen molar-refractivity contribution in [1.29, 1.82) is 0 Å². The number of nitrogens with one attached hydrogen (secondary N) is 2. The molecule has 0 fully saturated rings. The third-order valence-corrected chi connectivity index (χ3v) is 3.50. The number of anilines is 1. The third kappa shape index (κ3) is 4.91. The van der Waals surface area contributed by atoms with E-state index in [9.17, 15) is 4.79 Å². The van der Waals surface area contributed by atoms with Crippen molar-refractivity contribution in [3.05, 3.63) is 63.5 Å². The van der Waals surface area contributed by atoms with E-state index in [4.69, 9.17) is 34.8 Å². The number of hydrogen-bond donors (Lipinski definition) is 2. The van der Waals surface area contributed by atoms with Crippen molar-refractivity contribution in [1.82, 2.24) is 10.3 Å². The van der Waals surface area contributed by atoms with Crippen LogP contribution in [0.25, 0.3) is 6.08 Å². The Kier molecular flexibility index (Phi) is 6.07. The first-order chi connectivity index (χ1) is 10.6. The Morgan fingerprint density at radius 2 is 1.91 bits per heavy atom. The minimum absolute atomic E-state index is 0.114. The number of amides is 1. The first-order valence-corrected chi connectivity index (χ1v) is 7.44. The van der Waals surface area contributed by atoms with Crippen LogP contribution < -0.4 is 10.6 Å². The van der Waals surface area contributed by atoms with Gasteiger partial charge in [-0.05, 0) is 24.3 Å². The molecule has 114 valence electrons. The molecule has 7 heteroatoms. The van der Waals surface area contributed by atoms with Gasteiger partial charge in [0.15, 0.2) is 0 Å². The zero-order valence-corrected chi connectivity index (χ0v) is 13.6. The van der Waals surface area contributed by atoms with Gasteiger partial charge < -0.3 is 10.6 Å². The largest absolute Gasteiger partial charge is 0.376 e. The molecule has 1 aromatic carbocycles. The summed E-state index contributed by atoms with van der Waals surface area (Å²) in [4.78, 5) is 15.6. The molecule has 0 aliphatic rings. The predicted molar refractivity (Wildman–Crippen MR) is 91.4 cm³/mol. The van der Waals surface area contributed by atoms with Crippen LogP contribution in [-0.2, 0) is 4.79 Å². The Hall–Kier alpha value is -1.75. The molecule has 1 amide bonds. The zero-order chi connectivity index (χ0) is 15.9. The maximum absolute atomic E-state index is 11.7. The number of pyridine rings is 1. The molecule has 1 aromatic heterocycles. The minimum Gasteiger partial charge on any atom is -0.376 e. The Bertz CT molecular complexity index is 684. The van der Waals surface area contributed by atoms with E-state index in [0.717, 1.165) is 5.69 Å². The highest BCUT2D eigenvalue weighted by molar-refractivity contribution is 6.36. The molecule has 2 rings (SSSR count). The van der Waals surface area contributed by atoms with Crippen LogP contribution in [0.5, 0.6) is 0 Å². The summed E-state index contributed by atoms with van der Waals surface area (Å²) in [6.07, 6.45) is 6.06. The molecule has 0 spiro atoms. The van der Waals surface area contributed by atoms with Crippen LogP contribution in [0.3, 0.4) is 0 Å². The van der Waals surface area contributed by atoms with Crippen molar-refractivity contribution in [2.75, 3.05) is 11.9 Å². The molecule has 2 aromatic rings. The molecule has 0 bridgehead atoms. The second-order valence-electron chi connectivity index (χ2n) is 4.28. The number of nitrogens with zero attached hydrogens (tertiary/aromatic N) is 1. The van der Waals surface area contributed by atoms with Crippen LogP contribution in [-0.4, -0.2) is 17.4 Å². The summed E-state index contributed by atoms with van der Waals surface area (Å²) < 4.78 is 0. The van der Waals surface area contributed by atoms with E-state index >= 15 is 0 Å². The number of halogens is 3. The Morgan fingerprint density at radius 1 is 1.18 bits per heavy atom. The van der Waals surface area contributed by atoms with E-state index in [1.807, 2.05) is 6.07 Å². The Morgan fingerprint density at radius 3 is 2.59 bits per heavy atom. The summed E-state index contributed by atoms with van der Waals surface area (Å²) in [5.41, 5.74) is 1.37. The van der Waals surface area contributed by atoms with Crippen molar-refractivity contribution in [2.24, 2.45) is 0 Å². The van der Waals surface area contributed by atoms with Crippen LogP contribution in [0.2, 0.25) is 15.1 Å². The minimum atomic E-state index is -0.211. The van der Waals surface area contributed by atoms with Gasteiger partial charge in [-0.1, -0.05) is 40.9 Å². The second kappa shape index (κ2) is 8.03. The van der Waals surface area contributed by atoms with E-state index in [0.29, 0.717) is 20.6 Å². The van der Waals surface area contributed by atoms with Crippen LogP contribution in [0.4, 0.5) is 5.69 Å². The molecule has 1 heterocycles. The number of rotatable bonds is 5. The Balaban J connectivity index is 1.86. The van der Waals surface area contributed by atoms with Gasteiger partial charge in [-0.25, -0.2) is 0 Å². The third-order valence-electron chi connectivity index (χ3n) is 2.66. The van der Waals surface area contributed by atoms with Gasteiger partial charge in [0, 0.05) is 34.9 Å². The van der Waals surface area contributed by atoms with Gasteiger partial charge in [0.25, 0.3) is 0 Å². The number of hydrogen-bond acceptors (Lipinski definition) is 3. The van der Waals surface area contributed by atoms with E-state index in [1.54, 1.807) is 24.3 Å². The van der Waals surface area contributed by atoms with E-state index in [-0.39, 0.29) is 12.5 Å². The molecule has 0 atom stereocenters. The van der Waals surface area contributed by atoms with Gasteiger partial charge in [0.2, 0.25) is 5.91 Å². The number of aromatic nitrogens is 1. The van der Waals surface area contributed by atoms with Crippen molar-refractivity contribution < 1.29 is 4.79 Å². The highest BCUT2D eigenvalue weighted by Crippen LogP contribution is 2.23. The molecule has 4 nitrogen and oxygen atoms in total. The fourth-order valence-electron chi connectivity index (χ4n) is 1.63.